The molecule has 1 unspecified atom stereocenters. The van der Waals surface area contributed by atoms with E-state index in [1.807, 2.05) is 22.6 Å². The second-order valence-electron chi connectivity index (χ2n) is 4.19. The van der Waals surface area contributed by atoms with Crippen LogP contribution >= 0.6 is 0 Å². The van der Waals surface area contributed by atoms with E-state index in [0.29, 0.717) is 6.54 Å². The van der Waals surface area contributed by atoms with Gasteiger partial charge < -0.3 is 5.11 Å². The lowest BCUT2D eigenvalue weighted by Crippen LogP contribution is -2.37. The van der Waals surface area contributed by atoms with Crippen LogP contribution in [0, 0.1) is 0 Å². The van der Waals surface area contributed by atoms with Crippen LogP contribution in [0.15, 0.2) is 12.3 Å². The first kappa shape index (κ1) is 13.7. The standard InChI is InChI=1S/C12H21N3O2/c1-4-10(3)14(9-12(16)17)8-11-6-7-13-15(11)5-2/h6-7,10H,4-5,8-9H2,1-3H3,(H,16,17). The minimum absolute atomic E-state index is 0.0733. The summed E-state index contributed by atoms with van der Waals surface area (Å²) in [4.78, 5) is 12.8. The Morgan fingerprint density at radius 1 is 1.59 bits per heavy atom. The van der Waals surface area contributed by atoms with Gasteiger partial charge in [0.05, 0.1) is 12.2 Å². The van der Waals surface area contributed by atoms with Crippen molar-refractivity contribution in [1.82, 2.24) is 14.7 Å². The molecule has 0 amide bonds. The van der Waals surface area contributed by atoms with Crippen LogP contribution in [0.4, 0.5) is 0 Å². The van der Waals surface area contributed by atoms with Gasteiger partial charge in [0.2, 0.25) is 0 Å². The van der Waals surface area contributed by atoms with Gasteiger partial charge in [0.25, 0.3) is 0 Å². The molecule has 0 saturated heterocycles. The molecule has 96 valence electrons. The van der Waals surface area contributed by atoms with Crippen molar-refractivity contribution in [2.45, 2.75) is 46.3 Å². The Hall–Kier alpha value is -1.36. The lowest BCUT2D eigenvalue weighted by Gasteiger charge is -2.26. The molecule has 1 N–H and O–H groups in total. The summed E-state index contributed by atoms with van der Waals surface area (Å²) in [7, 11) is 0. The third-order valence-corrected chi connectivity index (χ3v) is 3.02. The molecule has 1 aromatic heterocycles. The summed E-state index contributed by atoms with van der Waals surface area (Å²) in [5.41, 5.74) is 1.06. The first-order valence-electron chi connectivity index (χ1n) is 6.05. The fourth-order valence-corrected chi connectivity index (χ4v) is 1.79. The monoisotopic (exact) mass is 239 g/mol. The van der Waals surface area contributed by atoms with Crippen LogP contribution in [-0.4, -0.2) is 38.3 Å². The molecule has 0 aromatic carbocycles. The zero-order chi connectivity index (χ0) is 12.8. The predicted molar refractivity (Wildman–Crippen MR) is 65.7 cm³/mol. The van der Waals surface area contributed by atoms with Crippen molar-refractivity contribution in [2.24, 2.45) is 0 Å². The van der Waals surface area contributed by atoms with E-state index in [4.69, 9.17) is 5.11 Å². The smallest absolute Gasteiger partial charge is 0.317 e. The van der Waals surface area contributed by atoms with Gasteiger partial charge in [0, 0.05) is 25.3 Å². The molecular weight excluding hydrogens is 218 g/mol. The number of aliphatic carboxylic acids is 1. The molecule has 1 heterocycles. The molecule has 0 saturated carbocycles. The molecule has 5 nitrogen and oxygen atoms in total. The largest absolute Gasteiger partial charge is 0.480 e. The van der Waals surface area contributed by atoms with E-state index >= 15 is 0 Å². The van der Waals surface area contributed by atoms with E-state index in [9.17, 15) is 4.79 Å². The van der Waals surface area contributed by atoms with Crippen LogP contribution in [0.1, 0.15) is 32.9 Å². The van der Waals surface area contributed by atoms with E-state index in [-0.39, 0.29) is 12.6 Å². The molecule has 1 rings (SSSR count). The van der Waals surface area contributed by atoms with Crippen LogP contribution in [0.25, 0.3) is 0 Å². The predicted octanol–water partition coefficient (Wildman–Crippen LogP) is 1.59. The summed E-state index contributed by atoms with van der Waals surface area (Å²) in [5.74, 6) is -0.784. The Balaban J connectivity index is 2.75. The van der Waals surface area contributed by atoms with Gasteiger partial charge in [-0.3, -0.25) is 14.4 Å². The zero-order valence-electron chi connectivity index (χ0n) is 10.8. The average Bonchev–Trinajstić information content (AvgIpc) is 2.73. The molecule has 0 bridgehead atoms. The number of nitrogens with zero attached hydrogens (tertiary/aromatic N) is 3. The summed E-state index contributed by atoms with van der Waals surface area (Å²) >= 11 is 0. The Morgan fingerprint density at radius 3 is 2.82 bits per heavy atom. The van der Waals surface area contributed by atoms with Gasteiger partial charge in [0.15, 0.2) is 0 Å². The van der Waals surface area contributed by atoms with Crippen molar-refractivity contribution >= 4 is 5.97 Å². The van der Waals surface area contributed by atoms with Crippen molar-refractivity contribution in [1.29, 1.82) is 0 Å². The fraction of sp³-hybridized carbons (Fsp3) is 0.667. The highest BCUT2D eigenvalue weighted by Gasteiger charge is 2.17. The minimum Gasteiger partial charge on any atom is -0.480 e. The van der Waals surface area contributed by atoms with Crippen LogP contribution in [-0.2, 0) is 17.9 Å². The van der Waals surface area contributed by atoms with Gasteiger partial charge in [-0.25, -0.2) is 0 Å². The Bertz CT molecular complexity index is 362. The van der Waals surface area contributed by atoms with Crippen molar-refractivity contribution in [3.05, 3.63) is 18.0 Å². The molecule has 0 fully saturated rings. The lowest BCUT2D eigenvalue weighted by atomic mass is 10.2. The molecule has 0 radical (unpaired) electrons. The third kappa shape index (κ3) is 3.85. The summed E-state index contributed by atoms with van der Waals surface area (Å²) < 4.78 is 1.90. The molecular formula is C12H21N3O2. The highest BCUT2D eigenvalue weighted by atomic mass is 16.4. The fourth-order valence-electron chi connectivity index (χ4n) is 1.79. The third-order valence-electron chi connectivity index (χ3n) is 3.02. The molecule has 5 heteroatoms. The molecule has 17 heavy (non-hydrogen) atoms. The second-order valence-corrected chi connectivity index (χ2v) is 4.19. The van der Waals surface area contributed by atoms with Crippen LogP contribution in [0.5, 0.6) is 0 Å². The van der Waals surface area contributed by atoms with Gasteiger partial charge in [-0.1, -0.05) is 6.92 Å². The van der Waals surface area contributed by atoms with E-state index in [0.717, 1.165) is 18.7 Å². The highest BCUT2D eigenvalue weighted by molar-refractivity contribution is 5.69. The number of carbonyl (C=O) groups is 1. The van der Waals surface area contributed by atoms with Gasteiger partial charge >= 0.3 is 5.97 Å². The maximum absolute atomic E-state index is 10.8. The summed E-state index contributed by atoms with van der Waals surface area (Å²) in [5, 5.41) is 13.1. The van der Waals surface area contributed by atoms with E-state index in [2.05, 4.69) is 18.9 Å². The van der Waals surface area contributed by atoms with Gasteiger partial charge in [-0.05, 0) is 26.3 Å². The number of carboxylic acids is 1. The Kier molecular flexibility index (Phi) is 5.15. The van der Waals surface area contributed by atoms with Crippen LogP contribution < -0.4 is 0 Å². The molecule has 0 aliphatic carbocycles. The molecule has 0 spiro atoms. The first-order valence-corrected chi connectivity index (χ1v) is 6.05. The normalized spacial score (nSPS) is 12.9. The van der Waals surface area contributed by atoms with Gasteiger partial charge in [-0.2, -0.15) is 5.10 Å². The zero-order valence-corrected chi connectivity index (χ0v) is 10.8. The second kappa shape index (κ2) is 6.39. The van der Waals surface area contributed by atoms with Crippen molar-refractivity contribution < 1.29 is 9.90 Å². The average molecular weight is 239 g/mol. The summed E-state index contributed by atoms with van der Waals surface area (Å²) in [6.07, 6.45) is 2.70. The van der Waals surface area contributed by atoms with E-state index in [1.54, 1.807) is 6.20 Å². The number of hydrogen-bond donors (Lipinski definition) is 1. The van der Waals surface area contributed by atoms with Crippen LogP contribution in [0.2, 0.25) is 0 Å². The van der Waals surface area contributed by atoms with Gasteiger partial charge in [-0.15, -0.1) is 0 Å². The highest BCUT2D eigenvalue weighted by Crippen LogP contribution is 2.10. The Morgan fingerprint density at radius 2 is 2.29 bits per heavy atom. The van der Waals surface area contributed by atoms with E-state index < -0.39 is 5.97 Å². The molecule has 0 aliphatic heterocycles. The van der Waals surface area contributed by atoms with Crippen molar-refractivity contribution in [2.75, 3.05) is 6.54 Å². The molecule has 0 aliphatic rings. The molecule has 1 atom stereocenters. The lowest BCUT2D eigenvalue weighted by molar-refractivity contribution is -0.139. The van der Waals surface area contributed by atoms with Gasteiger partial charge in [0.1, 0.15) is 0 Å². The maximum atomic E-state index is 10.8. The topological polar surface area (TPSA) is 58.4 Å². The minimum atomic E-state index is -0.784. The summed E-state index contributed by atoms with van der Waals surface area (Å²) in [6, 6.07) is 2.20. The number of carboxylic acid groups (broad SMARTS) is 1. The quantitative estimate of drug-likeness (QED) is 0.785. The number of aromatic nitrogens is 2. The van der Waals surface area contributed by atoms with Crippen molar-refractivity contribution in [3.63, 3.8) is 0 Å². The molecule has 1 aromatic rings. The van der Waals surface area contributed by atoms with Crippen LogP contribution in [0.3, 0.4) is 0 Å². The maximum Gasteiger partial charge on any atom is 0.317 e. The number of aryl methyl sites for hydroxylation is 1. The van der Waals surface area contributed by atoms with E-state index in [1.165, 1.54) is 0 Å². The Labute approximate surface area is 102 Å². The van der Waals surface area contributed by atoms with Crippen molar-refractivity contribution in [3.8, 4) is 0 Å². The SMILES string of the molecule is CCC(C)N(CC(=O)O)Cc1ccnn1CC. The number of hydrogen-bond acceptors (Lipinski definition) is 3. The number of rotatable bonds is 7. The summed E-state index contributed by atoms with van der Waals surface area (Å²) in [6.45, 7) is 7.66. The first-order chi connectivity index (χ1) is 8.08.